The third kappa shape index (κ3) is 4.15. The topological polar surface area (TPSA) is 61.4 Å². The van der Waals surface area contributed by atoms with Crippen LogP contribution in [-0.4, -0.2) is 37.5 Å². The predicted molar refractivity (Wildman–Crippen MR) is 90.1 cm³/mol. The molecule has 2 aliphatic heterocycles. The van der Waals surface area contributed by atoms with Gasteiger partial charge in [-0.05, 0) is 56.8 Å². The number of carbonyl (C=O) groups excluding carboxylic acids is 2. The molecule has 0 spiro atoms. The second kappa shape index (κ2) is 7.91. The van der Waals surface area contributed by atoms with Gasteiger partial charge in [0.15, 0.2) is 0 Å². The number of rotatable bonds is 5. The Bertz CT molecular complexity index is 627. The van der Waals surface area contributed by atoms with Gasteiger partial charge >= 0.3 is 0 Å². The highest BCUT2D eigenvalue weighted by Gasteiger charge is 2.36. The Morgan fingerprint density at radius 2 is 1.88 bits per heavy atom. The molecule has 0 aliphatic carbocycles. The van der Waals surface area contributed by atoms with Crippen molar-refractivity contribution >= 4 is 17.5 Å². The van der Waals surface area contributed by atoms with Crippen LogP contribution < -0.4 is 15.5 Å². The molecule has 0 saturated carbocycles. The fourth-order valence-electron chi connectivity index (χ4n) is 3.55. The van der Waals surface area contributed by atoms with Crippen molar-refractivity contribution in [3.05, 3.63) is 29.8 Å². The van der Waals surface area contributed by atoms with Gasteiger partial charge in [0.1, 0.15) is 23.4 Å². The first-order valence-electron chi connectivity index (χ1n) is 8.81. The maximum Gasteiger partial charge on any atom is 0.249 e. The Labute approximate surface area is 145 Å². The van der Waals surface area contributed by atoms with Gasteiger partial charge in [0, 0.05) is 13.0 Å². The highest BCUT2D eigenvalue weighted by molar-refractivity contribution is 6.01. The smallest absolute Gasteiger partial charge is 0.249 e. The molecule has 2 amide bonds. The lowest BCUT2D eigenvalue weighted by molar-refractivity contribution is -0.126. The van der Waals surface area contributed by atoms with Crippen LogP contribution >= 0.6 is 0 Å². The van der Waals surface area contributed by atoms with Crippen molar-refractivity contribution in [3.63, 3.8) is 0 Å². The van der Waals surface area contributed by atoms with Gasteiger partial charge in [0.25, 0.3) is 0 Å². The first kappa shape index (κ1) is 17.8. The van der Waals surface area contributed by atoms with Crippen LogP contribution in [-0.2, 0) is 9.59 Å². The number of hydrogen-bond donors (Lipinski definition) is 2. The fourth-order valence-corrected chi connectivity index (χ4v) is 3.55. The van der Waals surface area contributed by atoms with E-state index in [1.165, 1.54) is 6.07 Å². The number of benzene rings is 1. The SMILES string of the molecule is O=C(CCC1CCNCC1)NC1CCN(c2c(F)cccc2F)C1=O. The predicted octanol–water partition coefficient (Wildman–Crippen LogP) is 1.97. The van der Waals surface area contributed by atoms with Crippen LogP contribution in [0.4, 0.5) is 14.5 Å². The number of amides is 2. The zero-order chi connectivity index (χ0) is 17.8. The average molecular weight is 351 g/mol. The van der Waals surface area contributed by atoms with Gasteiger partial charge in [-0.15, -0.1) is 0 Å². The van der Waals surface area contributed by atoms with E-state index in [0.717, 1.165) is 49.4 Å². The van der Waals surface area contributed by atoms with Crippen molar-refractivity contribution in [2.75, 3.05) is 24.5 Å². The zero-order valence-electron chi connectivity index (χ0n) is 14.1. The van der Waals surface area contributed by atoms with Crippen molar-refractivity contribution in [2.24, 2.45) is 5.92 Å². The normalized spacial score (nSPS) is 21.6. The van der Waals surface area contributed by atoms with Crippen molar-refractivity contribution < 1.29 is 18.4 Å². The Morgan fingerprint density at radius 3 is 2.56 bits per heavy atom. The second-order valence-corrected chi connectivity index (χ2v) is 6.70. The van der Waals surface area contributed by atoms with Crippen LogP contribution in [0.15, 0.2) is 18.2 Å². The van der Waals surface area contributed by atoms with Crippen molar-refractivity contribution in [1.29, 1.82) is 0 Å². The van der Waals surface area contributed by atoms with Gasteiger partial charge in [-0.3, -0.25) is 9.59 Å². The summed E-state index contributed by atoms with van der Waals surface area (Å²) in [6.07, 6.45) is 3.67. The lowest BCUT2D eigenvalue weighted by atomic mass is 9.93. The third-order valence-electron chi connectivity index (χ3n) is 4.99. The molecule has 1 unspecified atom stereocenters. The number of halogens is 2. The van der Waals surface area contributed by atoms with E-state index in [0.29, 0.717) is 18.8 Å². The summed E-state index contributed by atoms with van der Waals surface area (Å²) in [5.41, 5.74) is -0.334. The lowest BCUT2D eigenvalue weighted by Crippen LogP contribution is -2.42. The molecule has 0 aromatic heterocycles. The Morgan fingerprint density at radius 1 is 1.20 bits per heavy atom. The summed E-state index contributed by atoms with van der Waals surface area (Å²) in [6, 6.07) is 2.79. The summed E-state index contributed by atoms with van der Waals surface area (Å²) in [6.45, 7) is 2.16. The van der Waals surface area contributed by atoms with Crippen LogP contribution in [0.5, 0.6) is 0 Å². The number of carbonyl (C=O) groups is 2. The molecule has 5 nitrogen and oxygen atoms in total. The largest absolute Gasteiger partial charge is 0.344 e. The number of anilines is 1. The van der Waals surface area contributed by atoms with Crippen LogP contribution in [0.2, 0.25) is 0 Å². The number of para-hydroxylation sites is 1. The quantitative estimate of drug-likeness (QED) is 0.853. The van der Waals surface area contributed by atoms with Gasteiger partial charge in [0.05, 0.1) is 0 Å². The highest BCUT2D eigenvalue weighted by Crippen LogP contribution is 2.27. The summed E-state index contributed by atoms with van der Waals surface area (Å²) in [7, 11) is 0. The highest BCUT2D eigenvalue weighted by atomic mass is 19.1. The van der Waals surface area contributed by atoms with E-state index in [4.69, 9.17) is 0 Å². The van der Waals surface area contributed by atoms with Crippen LogP contribution in [0, 0.1) is 17.6 Å². The van der Waals surface area contributed by atoms with E-state index in [-0.39, 0.29) is 18.1 Å². The maximum atomic E-state index is 13.9. The summed E-state index contributed by atoms with van der Waals surface area (Å²) in [5.74, 6) is -1.64. The Balaban J connectivity index is 1.54. The minimum atomic E-state index is -0.772. The molecule has 25 heavy (non-hydrogen) atoms. The van der Waals surface area contributed by atoms with Crippen LogP contribution in [0.25, 0.3) is 0 Å². The standard InChI is InChI=1S/C18H23F2N3O2/c19-13-2-1-3-14(20)17(13)23-11-8-15(18(23)25)22-16(24)5-4-12-6-9-21-10-7-12/h1-3,12,15,21H,4-11H2,(H,22,24). The molecule has 136 valence electrons. The first-order valence-corrected chi connectivity index (χ1v) is 8.81. The Hall–Kier alpha value is -2.02. The molecule has 2 aliphatic rings. The lowest BCUT2D eigenvalue weighted by Gasteiger charge is -2.22. The molecule has 1 aromatic carbocycles. The van der Waals surface area contributed by atoms with E-state index in [2.05, 4.69) is 10.6 Å². The van der Waals surface area contributed by atoms with Crippen LogP contribution in [0.3, 0.4) is 0 Å². The van der Waals surface area contributed by atoms with Crippen molar-refractivity contribution in [1.82, 2.24) is 10.6 Å². The number of hydrogen-bond acceptors (Lipinski definition) is 3. The second-order valence-electron chi connectivity index (χ2n) is 6.70. The van der Waals surface area contributed by atoms with E-state index < -0.39 is 23.6 Å². The molecule has 1 atom stereocenters. The maximum absolute atomic E-state index is 13.9. The summed E-state index contributed by atoms with van der Waals surface area (Å²) in [4.78, 5) is 25.6. The van der Waals surface area contributed by atoms with E-state index in [1.54, 1.807) is 0 Å². The summed E-state index contributed by atoms with van der Waals surface area (Å²) >= 11 is 0. The molecule has 2 saturated heterocycles. The molecule has 0 bridgehead atoms. The van der Waals surface area contributed by atoms with Gasteiger partial charge in [-0.2, -0.15) is 0 Å². The third-order valence-corrected chi connectivity index (χ3v) is 4.99. The molecular formula is C18H23F2N3O2. The number of piperidine rings is 1. The molecule has 1 aromatic rings. The fraction of sp³-hybridized carbons (Fsp3) is 0.556. The van der Waals surface area contributed by atoms with Gasteiger partial charge < -0.3 is 15.5 Å². The first-order chi connectivity index (χ1) is 12.1. The van der Waals surface area contributed by atoms with Gasteiger partial charge in [-0.25, -0.2) is 8.78 Å². The van der Waals surface area contributed by atoms with E-state index in [9.17, 15) is 18.4 Å². The summed E-state index contributed by atoms with van der Waals surface area (Å²) < 4.78 is 27.7. The van der Waals surface area contributed by atoms with E-state index >= 15 is 0 Å². The molecular weight excluding hydrogens is 328 g/mol. The van der Waals surface area contributed by atoms with Crippen molar-refractivity contribution in [2.45, 2.75) is 38.1 Å². The monoisotopic (exact) mass is 351 g/mol. The molecule has 3 rings (SSSR count). The van der Waals surface area contributed by atoms with Crippen LogP contribution in [0.1, 0.15) is 32.1 Å². The van der Waals surface area contributed by atoms with Gasteiger partial charge in [-0.1, -0.05) is 6.07 Å². The minimum absolute atomic E-state index is 0.173. The molecule has 2 N–H and O–H groups in total. The molecule has 0 radical (unpaired) electrons. The molecule has 2 fully saturated rings. The van der Waals surface area contributed by atoms with Gasteiger partial charge in [0.2, 0.25) is 11.8 Å². The summed E-state index contributed by atoms with van der Waals surface area (Å²) in [5, 5.41) is 6.00. The minimum Gasteiger partial charge on any atom is -0.344 e. The van der Waals surface area contributed by atoms with E-state index in [1.807, 2.05) is 0 Å². The van der Waals surface area contributed by atoms with Crippen molar-refractivity contribution in [3.8, 4) is 0 Å². The Kier molecular flexibility index (Phi) is 5.63. The molecule has 7 heteroatoms. The zero-order valence-corrected chi connectivity index (χ0v) is 14.1. The number of nitrogens with one attached hydrogen (secondary N) is 2. The number of nitrogens with zero attached hydrogens (tertiary/aromatic N) is 1. The molecule has 2 heterocycles. The average Bonchev–Trinajstić information content (AvgIpc) is 2.95.